The number of furan rings is 1. The Morgan fingerprint density at radius 2 is 1.83 bits per heavy atom. The highest BCUT2D eigenvalue weighted by molar-refractivity contribution is 5.86. The molecule has 0 aliphatic carbocycles. The minimum Gasteiger partial charge on any atom is -0.463 e. The van der Waals surface area contributed by atoms with Crippen LogP contribution in [0.4, 0.5) is 0 Å². The van der Waals surface area contributed by atoms with Crippen molar-refractivity contribution in [2.75, 3.05) is 33.3 Å². The molecule has 1 saturated heterocycles. The van der Waals surface area contributed by atoms with E-state index in [9.17, 15) is 9.59 Å². The minimum atomic E-state index is -0.504. The molecule has 2 heterocycles. The summed E-state index contributed by atoms with van der Waals surface area (Å²) in [6.07, 6.45) is 0. The lowest BCUT2D eigenvalue weighted by molar-refractivity contribution is -0.207. The van der Waals surface area contributed by atoms with Gasteiger partial charge in [0.2, 0.25) is 5.76 Å². The largest absolute Gasteiger partial charge is 0.463 e. The molecule has 2 rings (SSSR count). The molecule has 0 saturated carbocycles. The van der Waals surface area contributed by atoms with Crippen LogP contribution in [0.5, 0.6) is 0 Å². The first kappa shape index (κ1) is 17.5. The minimum absolute atomic E-state index is 0.209. The second-order valence-corrected chi connectivity index (χ2v) is 6.59. The molecule has 0 radical (unpaired) electrons. The van der Waals surface area contributed by atoms with Crippen LogP contribution in [0.15, 0.2) is 16.5 Å². The van der Waals surface area contributed by atoms with Gasteiger partial charge in [-0.2, -0.15) is 0 Å². The molecule has 1 aromatic rings. The third kappa shape index (κ3) is 4.80. The van der Waals surface area contributed by atoms with Crippen molar-refractivity contribution in [2.24, 2.45) is 5.41 Å². The normalized spacial score (nSPS) is 17.0. The van der Waals surface area contributed by atoms with E-state index in [-0.39, 0.29) is 11.7 Å². The Kier molecular flexibility index (Phi) is 5.43. The van der Waals surface area contributed by atoms with Gasteiger partial charge in [-0.15, -0.1) is 5.06 Å². The summed E-state index contributed by atoms with van der Waals surface area (Å²) in [4.78, 5) is 30.8. The number of hydrogen-bond acceptors (Lipinski definition) is 7. The molecule has 0 bridgehead atoms. The monoisotopic (exact) mass is 324 g/mol. The van der Waals surface area contributed by atoms with Gasteiger partial charge < -0.3 is 14.0 Å². The zero-order chi connectivity index (χ0) is 17.0. The van der Waals surface area contributed by atoms with Crippen molar-refractivity contribution in [3.8, 4) is 0 Å². The third-order valence-electron chi connectivity index (χ3n) is 3.58. The van der Waals surface area contributed by atoms with Gasteiger partial charge in [-0.3, -0.25) is 4.90 Å². The Bertz CT molecular complexity index is 553. The molecule has 0 unspecified atom stereocenters. The van der Waals surface area contributed by atoms with Crippen molar-refractivity contribution in [3.63, 3.8) is 0 Å². The maximum absolute atomic E-state index is 11.9. The first-order valence-electron chi connectivity index (χ1n) is 7.66. The highest BCUT2D eigenvalue weighted by atomic mass is 16.7. The van der Waals surface area contributed by atoms with Gasteiger partial charge in [0.1, 0.15) is 5.76 Å². The molecule has 0 N–H and O–H groups in total. The lowest BCUT2D eigenvalue weighted by Crippen LogP contribution is -2.47. The van der Waals surface area contributed by atoms with Crippen LogP contribution in [0.1, 0.15) is 37.1 Å². The van der Waals surface area contributed by atoms with E-state index in [1.807, 2.05) is 20.8 Å². The van der Waals surface area contributed by atoms with E-state index in [0.29, 0.717) is 25.4 Å². The van der Waals surface area contributed by atoms with Crippen molar-refractivity contribution < 1.29 is 23.6 Å². The van der Waals surface area contributed by atoms with Crippen LogP contribution in [-0.4, -0.2) is 55.2 Å². The summed E-state index contributed by atoms with van der Waals surface area (Å²) in [6.45, 7) is 8.92. The fourth-order valence-electron chi connectivity index (χ4n) is 2.13. The van der Waals surface area contributed by atoms with E-state index in [1.54, 1.807) is 17.2 Å². The topological polar surface area (TPSA) is 72.2 Å². The van der Waals surface area contributed by atoms with Crippen molar-refractivity contribution in [2.45, 2.75) is 27.3 Å². The van der Waals surface area contributed by atoms with E-state index in [2.05, 4.69) is 9.64 Å². The van der Waals surface area contributed by atoms with E-state index in [1.165, 1.54) is 7.11 Å². The van der Waals surface area contributed by atoms with Gasteiger partial charge in [-0.25, -0.2) is 9.59 Å². The number of nitrogens with zero attached hydrogens (tertiary/aromatic N) is 2. The number of hydrogen-bond donors (Lipinski definition) is 0. The molecule has 1 aliphatic rings. The fourth-order valence-corrected chi connectivity index (χ4v) is 2.13. The highest BCUT2D eigenvalue weighted by Gasteiger charge is 2.28. The molecule has 128 valence electrons. The van der Waals surface area contributed by atoms with E-state index < -0.39 is 11.4 Å². The van der Waals surface area contributed by atoms with Crippen LogP contribution in [0.25, 0.3) is 0 Å². The molecule has 1 fully saturated rings. The van der Waals surface area contributed by atoms with Crippen molar-refractivity contribution in [1.29, 1.82) is 0 Å². The van der Waals surface area contributed by atoms with Crippen LogP contribution in [0, 0.1) is 5.41 Å². The summed E-state index contributed by atoms with van der Waals surface area (Å²) in [5.41, 5.74) is -0.504. The Morgan fingerprint density at radius 3 is 2.39 bits per heavy atom. The predicted octanol–water partition coefficient (Wildman–Crippen LogP) is 1.69. The summed E-state index contributed by atoms with van der Waals surface area (Å²) < 4.78 is 10.1. The van der Waals surface area contributed by atoms with E-state index in [4.69, 9.17) is 9.25 Å². The van der Waals surface area contributed by atoms with Crippen LogP contribution >= 0.6 is 0 Å². The van der Waals surface area contributed by atoms with Gasteiger partial charge >= 0.3 is 11.9 Å². The zero-order valence-electron chi connectivity index (χ0n) is 14.1. The Labute approximate surface area is 136 Å². The molecule has 7 heteroatoms. The summed E-state index contributed by atoms with van der Waals surface area (Å²) in [6, 6.07) is 3.39. The second kappa shape index (κ2) is 7.14. The number of hydroxylamine groups is 2. The standard InChI is InChI=1S/C16H24N2O5/c1-16(2,3)15(20)23-18-9-7-17(8-10-18)11-12-5-6-13(22-12)14(19)21-4/h5-6H,7-11H2,1-4H3. The van der Waals surface area contributed by atoms with Gasteiger partial charge in [-0.05, 0) is 32.9 Å². The first-order valence-corrected chi connectivity index (χ1v) is 7.66. The molecule has 23 heavy (non-hydrogen) atoms. The number of ether oxygens (including phenoxy) is 1. The summed E-state index contributed by atoms with van der Waals surface area (Å²) in [5, 5.41) is 1.70. The van der Waals surface area contributed by atoms with Gasteiger partial charge in [0.15, 0.2) is 0 Å². The second-order valence-electron chi connectivity index (χ2n) is 6.59. The van der Waals surface area contributed by atoms with Crippen molar-refractivity contribution >= 4 is 11.9 Å². The maximum Gasteiger partial charge on any atom is 0.373 e. The molecular weight excluding hydrogens is 300 g/mol. The van der Waals surface area contributed by atoms with Gasteiger partial charge in [0.05, 0.1) is 19.1 Å². The van der Waals surface area contributed by atoms with Gasteiger partial charge in [-0.1, -0.05) is 0 Å². The third-order valence-corrected chi connectivity index (χ3v) is 3.58. The first-order chi connectivity index (χ1) is 10.8. The highest BCUT2D eigenvalue weighted by Crippen LogP contribution is 2.18. The van der Waals surface area contributed by atoms with Gasteiger partial charge in [0.25, 0.3) is 0 Å². The van der Waals surface area contributed by atoms with E-state index >= 15 is 0 Å². The Morgan fingerprint density at radius 1 is 1.17 bits per heavy atom. The number of carbonyl (C=O) groups excluding carboxylic acids is 2. The van der Waals surface area contributed by atoms with Crippen LogP contribution in [0.3, 0.4) is 0 Å². The van der Waals surface area contributed by atoms with Crippen LogP contribution in [0.2, 0.25) is 0 Å². The maximum atomic E-state index is 11.9. The average Bonchev–Trinajstić information content (AvgIpc) is 2.96. The van der Waals surface area contributed by atoms with E-state index in [0.717, 1.165) is 13.1 Å². The van der Waals surface area contributed by atoms with Crippen LogP contribution in [-0.2, 0) is 20.9 Å². The number of methoxy groups -OCH3 is 1. The molecule has 1 aliphatic heterocycles. The number of carbonyl (C=O) groups is 2. The molecule has 0 amide bonds. The lowest BCUT2D eigenvalue weighted by atomic mass is 9.98. The molecule has 7 nitrogen and oxygen atoms in total. The van der Waals surface area contributed by atoms with Gasteiger partial charge in [0, 0.05) is 26.2 Å². The van der Waals surface area contributed by atoms with Crippen molar-refractivity contribution in [1.82, 2.24) is 9.96 Å². The molecule has 0 spiro atoms. The summed E-state index contributed by atoms with van der Waals surface area (Å²) >= 11 is 0. The lowest BCUT2D eigenvalue weighted by Gasteiger charge is -2.34. The number of piperazine rings is 1. The molecule has 0 aromatic carbocycles. The average molecular weight is 324 g/mol. The number of esters is 1. The molecular formula is C16H24N2O5. The summed E-state index contributed by atoms with van der Waals surface area (Å²) in [5.74, 6) is 0.223. The predicted molar refractivity (Wildman–Crippen MR) is 82.4 cm³/mol. The number of rotatable bonds is 4. The Hall–Kier alpha value is -1.86. The summed E-state index contributed by atoms with van der Waals surface area (Å²) in [7, 11) is 1.32. The molecule has 1 aromatic heterocycles. The SMILES string of the molecule is COC(=O)c1ccc(CN2CCN(OC(=O)C(C)(C)C)CC2)o1. The smallest absolute Gasteiger partial charge is 0.373 e. The fraction of sp³-hybridized carbons (Fsp3) is 0.625. The molecule has 0 atom stereocenters. The quantitative estimate of drug-likeness (QED) is 0.780. The van der Waals surface area contributed by atoms with Crippen molar-refractivity contribution in [3.05, 3.63) is 23.7 Å². The van der Waals surface area contributed by atoms with Crippen LogP contribution < -0.4 is 0 Å². The zero-order valence-corrected chi connectivity index (χ0v) is 14.1. The Balaban J connectivity index is 1.80.